The van der Waals surface area contributed by atoms with E-state index in [9.17, 15) is 9.59 Å². The lowest BCUT2D eigenvalue weighted by Gasteiger charge is -2.07. The van der Waals surface area contributed by atoms with Gasteiger partial charge in [-0.25, -0.2) is 9.59 Å². The fourth-order valence-corrected chi connectivity index (χ4v) is 2.90. The maximum absolute atomic E-state index is 11.8. The zero-order valence-electron chi connectivity index (χ0n) is 18.3. The van der Waals surface area contributed by atoms with E-state index in [1.165, 1.54) is 32.1 Å². The third-order valence-electron chi connectivity index (χ3n) is 4.63. The molecule has 5 nitrogen and oxygen atoms in total. The molecule has 0 N–H and O–H groups in total. The summed E-state index contributed by atoms with van der Waals surface area (Å²) in [6, 6.07) is 16.8. The molecule has 2 rings (SSSR count). The number of hydrogen-bond acceptors (Lipinski definition) is 5. The van der Waals surface area contributed by atoms with Crippen molar-refractivity contribution in [2.75, 3.05) is 6.61 Å². The number of benzene rings is 2. The second kappa shape index (κ2) is 14.8. The molecule has 31 heavy (non-hydrogen) atoms. The largest absolute Gasteiger partial charge is 0.463 e. The summed E-state index contributed by atoms with van der Waals surface area (Å²) in [6.45, 7) is 2.69. The lowest BCUT2D eigenvalue weighted by atomic mass is 10.1. The van der Waals surface area contributed by atoms with Crippen molar-refractivity contribution in [1.29, 1.82) is 0 Å². The molecule has 0 aliphatic heterocycles. The molecule has 0 amide bonds. The van der Waals surface area contributed by atoms with E-state index < -0.39 is 11.9 Å². The van der Waals surface area contributed by atoms with E-state index in [0.29, 0.717) is 12.4 Å². The minimum absolute atomic E-state index is 0.113. The third kappa shape index (κ3) is 11.0. The monoisotopic (exact) mass is 424 g/mol. The Morgan fingerprint density at radius 1 is 0.710 bits per heavy atom. The number of esters is 2. The summed E-state index contributed by atoms with van der Waals surface area (Å²) in [5.74, 6) is 0.346. The van der Waals surface area contributed by atoms with E-state index >= 15 is 0 Å². The summed E-state index contributed by atoms with van der Waals surface area (Å²) < 4.78 is 16.0. The summed E-state index contributed by atoms with van der Waals surface area (Å²) in [4.78, 5) is 23.4. The Hall–Kier alpha value is -3.08. The van der Waals surface area contributed by atoms with Crippen molar-refractivity contribution in [3.8, 4) is 11.5 Å². The Kier molecular flexibility index (Phi) is 11.6. The SMILES string of the molecule is CCCCCCCCCOC(=O)/C=C/C(=O)OCc1ccc(Oc2ccccc2)cc1. The number of rotatable bonds is 14. The van der Waals surface area contributed by atoms with Crippen LogP contribution in [0.2, 0.25) is 0 Å². The first kappa shape index (κ1) is 24.2. The zero-order valence-corrected chi connectivity index (χ0v) is 18.3. The molecule has 0 fully saturated rings. The Morgan fingerprint density at radius 2 is 1.29 bits per heavy atom. The summed E-state index contributed by atoms with van der Waals surface area (Å²) in [6.07, 6.45) is 10.3. The fourth-order valence-electron chi connectivity index (χ4n) is 2.90. The standard InChI is InChI=1S/C26H32O5/c1-2-3-4-5-6-7-11-20-29-25(27)18-19-26(28)30-21-22-14-16-24(17-15-22)31-23-12-9-8-10-13-23/h8-10,12-19H,2-7,11,20-21H2,1H3/b19-18+. The van der Waals surface area contributed by atoms with Crippen molar-refractivity contribution in [3.05, 3.63) is 72.3 Å². The molecule has 0 heterocycles. The van der Waals surface area contributed by atoms with E-state index in [2.05, 4.69) is 6.92 Å². The van der Waals surface area contributed by atoms with Gasteiger partial charge >= 0.3 is 11.9 Å². The van der Waals surface area contributed by atoms with Crippen molar-refractivity contribution in [2.45, 2.75) is 58.5 Å². The first-order chi connectivity index (χ1) is 15.2. The zero-order chi connectivity index (χ0) is 22.2. The van der Waals surface area contributed by atoms with Crippen LogP contribution in [0, 0.1) is 0 Å². The highest BCUT2D eigenvalue weighted by Crippen LogP contribution is 2.21. The molecule has 0 aliphatic carbocycles. The highest BCUT2D eigenvalue weighted by molar-refractivity contribution is 5.91. The minimum atomic E-state index is -0.586. The van der Waals surface area contributed by atoms with Crippen molar-refractivity contribution >= 4 is 11.9 Å². The van der Waals surface area contributed by atoms with Crippen molar-refractivity contribution in [3.63, 3.8) is 0 Å². The molecule has 0 saturated heterocycles. The van der Waals surface area contributed by atoms with Gasteiger partial charge in [0.2, 0.25) is 0 Å². The third-order valence-corrected chi connectivity index (χ3v) is 4.63. The Balaban J connectivity index is 1.59. The molecule has 0 bridgehead atoms. The quantitative estimate of drug-likeness (QED) is 0.200. The number of unbranched alkanes of at least 4 members (excludes halogenated alkanes) is 6. The van der Waals surface area contributed by atoms with Gasteiger partial charge in [-0.05, 0) is 36.2 Å². The van der Waals surface area contributed by atoms with Crippen LogP contribution in [0.3, 0.4) is 0 Å². The van der Waals surface area contributed by atoms with Crippen LogP contribution in [0.25, 0.3) is 0 Å². The van der Waals surface area contributed by atoms with Crippen LogP contribution < -0.4 is 4.74 Å². The van der Waals surface area contributed by atoms with Gasteiger partial charge in [0, 0.05) is 12.2 Å². The van der Waals surface area contributed by atoms with Crippen molar-refractivity contribution < 1.29 is 23.8 Å². The predicted octanol–water partition coefficient (Wildman–Crippen LogP) is 6.37. The van der Waals surface area contributed by atoms with Gasteiger partial charge < -0.3 is 14.2 Å². The van der Waals surface area contributed by atoms with Crippen LogP contribution in [-0.2, 0) is 25.7 Å². The maximum atomic E-state index is 11.8. The van der Waals surface area contributed by atoms with Gasteiger partial charge in [-0.15, -0.1) is 0 Å². The normalized spacial score (nSPS) is 10.7. The average molecular weight is 425 g/mol. The first-order valence-corrected chi connectivity index (χ1v) is 11.0. The summed E-state index contributed by atoms with van der Waals surface area (Å²) >= 11 is 0. The number of carbonyl (C=O) groups excluding carboxylic acids is 2. The Bertz CT molecular complexity index is 796. The lowest BCUT2D eigenvalue weighted by Crippen LogP contribution is -2.05. The van der Waals surface area contributed by atoms with Crippen LogP contribution in [0.4, 0.5) is 0 Å². The van der Waals surface area contributed by atoms with E-state index in [4.69, 9.17) is 14.2 Å². The minimum Gasteiger partial charge on any atom is -0.463 e. The molecule has 2 aromatic rings. The number of hydrogen-bond donors (Lipinski definition) is 0. The summed E-state index contributed by atoms with van der Waals surface area (Å²) in [7, 11) is 0. The summed E-state index contributed by atoms with van der Waals surface area (Å²) in [5.41, 5.74) is 0.823. The highest BCUT2D eigenvalue weighted by atomic mass is 16.5. The van der Waals surface area contributed by atoms with Gasteiger partial charge in [-0.1, -0.05) is 75.8 Å². The molecule has 0 spiro atoms. The molecule has 2 aromatic carbocycles. The molecular formula is C26H32O5. The molecule has 0 radical (unpaired) electrons. The molecule has 0 saturated carbocycles. The van der Waals surface area contributed by atoms with Crippen molar-refractivity contribution in [1.82, 2.24) is 0 Å². The molecule has 166 valence electrons. The molecule has 0 aliphatic rings. The first-order valence-electron chi connectivity index (χ1n) is 11.0. The smallest absolute Gasteiger partial charge is 0.331 e. The number of carbonyl (C=O) groups is 2. The van der Waals surface area contributed by atoms with Crippen molar-refractivity contribution in [2.24, 2.45) is 0 Å². The predicted molar refractivity (Wildman–Crippen MR) is 121 cm³/mol. The summed E-state index contributed by atoms with van der Waals surface area (Å²) in [5, 5.41) is 0. The van der Waals surface area contributed by atoms with Gasteiger partial charge in [0.05, 0.1) is 6.61 Å². The highest BCUT2D eigenvalue weighted by Gasteiger charge is 2.03. The van der Waals surface area contributed by atoms with Crippen LogP contribution in [0.1, 0.15) is 57.4 Å². The van der Waals surface area contributed by atoms with Gasteiger partial charge in [0.1, 0.15) is 18.1 Å². The average Bonchev–Trinajstić information content (AvgIpc) is 2.79. The van der Waals surface area contributed by atoms with E-state index in [1.54, 1.807) is 0 Å². The number of ether oxygens (including phenoxy) is 3. The second-order valence-electron chi connectivity index (χ2n) is 7.29. The molecule has 0 atom stereocenters. The molecule has 5 heteroatoms. The Labute approximate surface area is 185 Å². The molecule has 0 unspecified atom stereocenters. The van der Waals surface area contributed by atoms with Crippen LogP contribution in [0.5, 0.6) is 11.5 Å². The van der Waals surface area contributed by atoms with Gasteiger partial charge in [-0.2, -0.15) is 0 Å². The van der Waals surface area contributed by atoms with E-state index in [-0.39, 0.29) is 6.61 Å². The molecule has 0 aromatic heterocycles. The van der Waals surface area contributed by atoms with Crippen LogP contribution in [-0.4, -0.2) is 18.5 Å². The van der Waals surface area contributed by atoms with Crippen LogP contribution in [0.15, 0.2) is 66.7 Å². The van der Waals surface area contributed by atoms with E-state index in [1.807, 2.05) is 54.6 Å². The number of para-hydroxylation sites is 1. The Morgan fingerprint density at radius 3 is 1.97 bits per heavy atom. The van der Waals surface area contributed by atoms with Gasteiger partial charge in [0.25, 0.3) is 0 Å². The fraction of sp³-hybridized carbons (Fsp3) is 0.385. The second-order valence-corrected chi connectivity index (χ2v) is 7.29. The molecular weight excluding hydrogens is 392 g/mol. The topological polar surface area (TPSA) is 61.8 Å². The van der Waals surface area contributed by atoms with Gasteiger partial charge in [0.15, 0.2) is 0 Å². The van der Waals surface area contributed by atoms with Crippen LogP contribution >= 0.6 is 0 Å². The lowest BCUT2D eigenvalue weighted by molar-refractivity contribution is -0.141. The maximum Gasteiger partial charge on any atom is 0.331 e. The van der Waals surface area contributed by atoms with Gasteiger partial charge in [-0.3, -0.25) is 0 Å². The van der Waals surface area contributed by atoms with E-state index in [0.717, 1.165) is 36.3 Å².